The second-order valence-electron chi connectivity index (χ2n) is 5.07. The molecule has 2 aromatic carbocycles. The van der Waals surface area contributed by atoms with E-state index in [1.807, 2.05) is 13.0 Å². The van der Waals surface area contributed by atoms with Gasteiger partial charge in [0.05, 0.1) is 13.7 Å². The van der Waals surface area contributed by atoms with Crippen molar-refractivity contribution in [1.82, 2.24) is 0 Å². The average Bonchev–Trinajstić information content (AvgIpc) is 2.65. The number of benzene rings is 2. The first-order chi connectivity index (χ1) is 12.1. The fraction of sp³-hybridized carbons (Fsp3) is 0.200. The number of ketones is 1. The lowest BCUT2D eigenvalue weighted by molar-refractivity contribution is -0.136. The van der Waals surface area contributed by atoms with E-state index < -0.39 is 5.97 Å². The molecule has 5 nitrogen and oxygen atoms in total. The Kier molecular flexibility index (Phi) is 6.77. The van der Waals surface area contributed by atoms with Gasteiger partial charge in [0.25, 0.3) is 0 Å². The van der Waals surface area contributed by atoms with Crippen LogP contribution < -0.4 is 9.47 Å². The van der Waals surface area contributed by atoms with Crippen LogP contribution in [-0.2, 0) is 9.53 Å². The van der Waals surface area contributed by atoms with Crippen molar-refractivity contribution in [3.05, 3.63) is 65.7 Å². The Balaban J connectivity index is 1.93. The lowest BCUT2D eigenvalue weighted by Gasteiger charge is -2.09. The number of ether oxygens (including phenoxy) is 3. The van der Waals surface area contributed by atoms with E-state index in [1.54, 1.807) is 55.7 Å². The van der Waals surface area contributed by atoms with Crippen LogP contribution in [0.5, 0.6) is 11.5 Å². The van der Waals surface area contributed by atoms with Gasteiger partial charge in [-0.15, -0.1) is 0 Å². The van der Waals surface area contributed by atoms with Crippen LogP contribution in [0.3, 0.4) is 0 Å². The molecule has 0 fully saturated rings. The van der Waals surface area contributed by atoms with Crippen LogP contribution in [-0.4, -0.2) is 32.1 Å². The van der Waals surface area contributed by atoms with Crippen molar-refractivity contribution in [2.45, 2.75) is 6.92 Å². The van der Waals surface area contributed by atoms with Crippen LogP contribution in [0.1, 0.15) is 22.8 Å². The number of hydrogen-bond acceptors (Lipinski definition) is 5. The maximum atomic E-state index is 11.9. The fourth-order valence-corrected chi connectivity index (χ4v) is 2.12. The molecule has 0 heterocycles. The molecule has 2 aromatic rings. The molecule has 0 unspecified atom stereocenters. The van der Waals surface area contributed by atoms with E-state index in [2.05, 4.69) is 0 Å². The zero-order valence-corrected chi connectivity index (χ0v) is 14.2. The molecule has 0 N–H and O–H groups in total. The standard InChI is InChI=1S/C20H20O5/c1-3-24-19-13-15(9-11-18(19)23-2)10-12-20(22)25-14-17(21)16-7-5-4-6-8-16/h4-13H,3,14H2,1-2H3/b12-10+. The Morgan fingerprint density at radius 2 is 1.80 bits per heavy atom. The van der Waals surface area contributed by atoms with E-state index in [0.29, 0.717) is 23.7 Å². The molecule has 5 heteroatoms. The van der Waals surface area contributed by atoms with Gasteiger partial charge in [-0.3, -0.25) is 4.79 Å². The van der Waals surface area contributed by atoms with E-state index >= 15 is 0 Å². The molecule has 0 saturated carbocycles. The fourth-order valence-electron chi connectivity index (χ4n) is 2.12. The summed E-state index contributed by atoms with van der Waals surface area (Å²) in [7, 11) is 1.56. The third-order valence-electron chi connectivity index (χ3n) is 3.34. The van der Waals surface area contributed by atoms with Crippen LogP contribution in [0.4, 0.5) is 0 Å². The number of carbonyl (C=O) groups is 2. The Bertz CT molecular complexity index is 750. The van der Waals surface area contributed by atoms with Crippen LogP contribution in [0.25, 0.3) is 6.08 Å². The maximum Gasteiger partial charge on any atom is 0.331 e. The highest BCUT2D eigenvalue weighted by molar-refractivity contribution is 5.98. The molecule has 0 aliphatic rings. The molecule has 0 radical (unpaired) electrons. The minimum Gasteiger partial charge on any atom is -0.493 e. The van der Waals surface area contributed by atoms with Crippen LogP contribution in [0.2, 0.25) is 0 Å². The molecule has 0 bridgehead atoms. The van der Waals surface area contributed by atoms with E-state index in [-0.39, 0.29) is 12.4 Å². The number of esters is 1. The van der Waals surface area contributed by atoms with Gasteiger partial charge in [-0.2, -0.15) is 0 Å². The first-order valence-corrected chi connectivity index (χ1v) is 7.88. The van der Waals surface area contributed by atoms with Crippen molar-refractivity contribution in [2.75, 3.05) is 20.3 Å². The lowest BCUT2D eigenvalue weighted by atomic mass is 10.1. The maximum absolute atomic E-state index is 11.9. The Labute approximate surface area is 146 Å². The Morgan fingerprint density at radius 3 is 2.48 bits per heavy atom. The highest BCUT2D eigenvalue weighted by Gasteiger charge is 2.08. The van der Waals surface area contributed by atoms with Crippen molar-refractivity contribution in [3.8, 4) is 11.5 Å². The Morgan fingerprint density at radius 1 is 1.04 bits per heavy atom. The summed E-state index contributed by atoms with van der Waals surface area (Å²) in [5, 5.41) is 0. The van der Waals surface area contributed by atoms with Crippen molar-refractivity contribution in [1.29, 1.82) is 0 Å². The van der Waals surface area contributed by atoms with Crippen molar-refractivity contribution < 1.29 is 23.8 Å². The van der Waals surface area contributed by atoms with Gasteiger partial charge in [0.1, 0.15) is 0 Å². The molecule has 25 heavy (non-hydrogen) atoms. The van der Waals surface area contributed by atoms with Crippen LogP contribution >= 0.6 is 0 Å². The van der Waals surface area contributed by atoms with Gasteiger partial charge in [0.2, 0.25) is 0 Å². The third-order valence-corrected chi connectivity index (χ3v) is 3.34. The van der Waals surface area contributed by atoms with E-state index in [0.717, 1.165) is 5.56 Å². The van der Waals surface area contributed by atoms with Crippen molar-refractivity contribution >= 4 is 17.8 Å². The normalized spacial score (nSPS) is 10.5. The van der Waals surface area contributed by atoms with Crippen LogP contribution in [0.15, 0.2) is 54.6 Å². The third kappa shape index (κ3) is 5.49. The number of Topliss-reactive ketones (excluding diaryl/α,β-unsaturated/α-hetero) is 1. The summed E-state index contributed by atoms with van der Waals surface area (Å²) in [4.78, 5) is 23.6. The second kappa shape index (κ2) is 9.27. The second-order valence-corrected chi connectivity index (χ2v) is 5.07. The molecule has 0 atom stereocenters. The molecule has 0 aliphatic carbocycles. The molecule has 0 aliphatic heterocycles. The number of rotatable bonds is 8. The summed E-state index contributed by atoms with van der Waals surface area (Å²) in [5.74, 6) is 0.387. The summed E-state index contributed by atoms with van der Waals surface area (Å²) in [6, 6.07) is 14.0. The first-order valence-electron chi connectivity index (χ1n) is 7.88. The predicted octanol–water partition coefficient (Wildman–Crippen LogP) is 3.53. The summed E-state index contributed by atoms with van der Waals surface area (Å²) >= 11 is 0. The summed E-state index contributed by atoms with van der Waals surface area (Å²) in [6.07, 6.45) is 2.87. The van der Waals surface area contributed by atoms with Crippen molar-refractivity contribution in [3.63, 3.8) is 0 Å². The predicted molar refractivity (Wildman–Crippen MR) is 94.9 cm³/mol. The van der Waals surface area contributed by atoms with Gasteiger partial charge in [0.15, 0.2) is 23.9 Å². The van der Waals surface area contributed by atoms with E-state index in [1.165, 1.54) is 6.08 Å². The molecule has 0 saturated heterocycles. The van der Waals surface area contributed by atoms with E-state index in [9.17, 15) is 9.59 Å². The number of methoxy groups -OCH3 is 1. The molecular formula is C20H20O5. The van der Waals surface area contributed by atoms with E-state index in [4.69, 9.17) is 14.2 Å². The zero-order valence-electron chi connectivity index (χ0n) is 14.2. The molecule has 0 spiro atoms. The summed E-state index contributed by atoms with van der Waals surface area (Å²) < 4.78 is 15.7. The molecular weight excluding hydrogens is 320 g/mol. The SMILES string of the molecule is CCOc1cc(/C=C/C(=O)OCC(=O)c2ccccc2)ccc1OC. The molecule has 0 amide bonds. The quantitative estimate of drug-likeness (QED) is 0.418. The Hall–Kier alpha value is -3.08. The average molecular weight is 340 g/mol. The van der Waals surface area contributed by atoms with Gasteiger partial charge in [0, 0.05) is 11.6 Å². The molecule has 0 aromatic heterocycles. The van der Waals surface area contributed by atoms with Gasteiger partial charge in [-0.05, 0) is 30.7 Å². The highest BCUT2D eigenvalue weighted by Crippen LogP contribution is 2.28. The van der Waals surface area contributed by atoms with Gasteiger partial charge < -0.3 is 14.2 Å². The topological polar surface area (TPSA) is 61.8 Å². The molecule has 130 valence electrons. The largest absolute Gasteiger partial charge is 0.493 e. The summed E-state index contributed by atoms with van der Waals surface area (Å²) in [5.41, 5.74) is 1.27. The van der Waals surface area contributed by atoms with Gasteiger partial charge >= 0.3 is 5.97 Å². The zero-order chi connectivity index (χ0) is 18.1. The lowest BCUT2D eigenvalue weighted by Crippen LogP contribution is -2.12. The van der Waals surface area contributed by atoms with Gasteiger partial charge in [-0.25, -0.2) is 4.79 Å². The first kappa shape index (κ1) is 18.3. The molecule has 2 rings (SSSR count). The number of hydrogen-bond donors (Lipinski definition) is 0. The van der Waals surface area contributed by atoms with Crippen LogP contribution in [0, 0.1) is 0 Å². The highest BCUT2D eigenvalue weighted by atomic mass is 16.5. The smallest absolute Gasteiger partial charge is 0.331 e. The van der Waals surface area contributed by atoms with Gasteiger partial charge in [-0.1, -0.05) is 36.4 Å². The monoisotopic (exact) mass is 340 g/mol. The number of carbonyl (C=O) groups excluding carboxylic acids is 2. The summed E-state index contributed by atoms with van der Waals surface area (Å²) in [6.45, 7) is 2.09. The van der Waals surface area contributed by atoms with Crippen molar-refractivity contribution in [2.24, 2.45) is 0 Å². The minimum absolute atomic E-state index is 0.245. The minimum atomic E-state index is -0.585.